The van der Waals surface area contributed by atoms with Crippen molar-refractivity contribution < 1.29 is 19.2 Å². The molecule has 0 bridgehead atoms. The second-order valence-electron chi connectivity index (χ2n) is 7.60. The van der Waals surface area contributed by atoms with E-state index in [1.54, 1.807) is 32.4 Å². The SMILES string of the molecule is COc1ccc(-c2nnc(SCC(=O)N/N=C/c3ccc(Cl)c([N+](=O)[O-])c3)n2-c2ccccc2)cc1OC. The van der Waals surface area contributed by atoms with Gasteiger partial charge in [0.25, 0.3) is 11.6 Å². The van der Waals surface area contributed by atoms with Crippen molar-refractivity contribution in [3.63, 3.8) is 0 Å². The molecule has 3 aromatic carbocycles. The van der Waals surface area contributed by atoms with Crippen molar-refractivity contribution >= 4 is 41.2 Å². The van der Waals surface area contributed by atoms with Crippen LogP contribution >= 0.6 is 23.4 Å². The lowest BCUT2D eigenvalue weighted by Crippen LogP contribution is -2.20. The number of hydrazone groups is 1. The Hall–Kier alpha value is -4.42. The minimum Gasteiger partial charge on any atom is -0.493 e. The third-order valence-corrected chi connectivity index (χ3v) is 6.44. The van der Waals surface area contributed by atoms with Gasteiger partial charge in [0.05, 0.1) is 31.1 Å². The fourth-order valence-electron chi connectivity index (χ4n) is 3.43. The molecule has 13 heteroatoms. The maximum absolute atomic E-state index is 12.5. The van der Waals surface area contributed by atoms with E-state index in [2.05, 4.69) is 20.7 Å². The summed E-state index contributed by atoms with van der Waals surface area (Å²) in [5.74, 6) is 1.29. The Morgan fingerprint density at radius 1 is 1.11 bits per heavy atom. The molecule has 0 unspecified atom stereocenters. The fourth-order valence-corrected chi connectivity index (χ4v) is 4.36. The topological polar surface area (TPSA) is 134 Å². The number of hydrogen-bond donors (Lipinski definition) is 1. The largest absolute Gasteiger partial charge is 0.493 e. The Balaban J connectivity index is 1.52. The number of halogens is 1. The first-order valence-corrected chi connectivity index (χ1v) is 12.4. The van der Waals surface area contributed by atoms with E-state index >= 15 is 0 Å². The molecule has 0 fully saturated rings. The highest BCUT2D eigenvalue weighted by molar-refractivity contribution is 7.99. The number of nitrogens with one attached hydrogen (secondary N) is 1. The Morgan fingerprint density at radius 3 is 2.58 bits per heavy atom. The molecule has 1 N–H and O–H groups in total. The molecule has 38 heavy (non-hydrogen) atoms. The van der Waals surface area contributed by atoms with Gasteiger partial charge in [-0.25, -0.2) is 5.43 Å². The van der Waals surface area contributed by atoms with Gasteiger partial charge in [-0.1, -0.05) is 47.6 Å². The van der Waals surface area contributed by atoms with Crippen molar-refractivity contribution in [2.24, 2.45) is 5.10 Å². The zero-order valence-corrected chi connectivity index (χ0v) is 21.8. The number of ether oxygens (including phenoxy) is 2. The number of aromatic nitrogens is 3. The molecule has 0 aliphatic rings. The van der Waals surface area contributed by atoms with Gasteiger partial charge in [0.1, 0.15) is 5.02 Å². The van der Waals surface area contributed by atoms with Crippen molar-refractivity contribution in [3.8, 4) is 28.6 Å². The van der Waals surface area contributed by atoms with Gasteiger partial charge in [0.15, 0.2) is 22.5 Å². The lowest BCUT2D eigenvalue weighted by atomic mass is 10.2. The molecule has 1 aromatic heterocycles. The van der Waals surface area contributed by atoms with E-state index in [1.165, 1.54) is 30.1 Å². The van der Waals surface area contributed by atoms with E-state index in [4.69, 9.17) is 21.1 Å². The number of carbonyl (C=O) groups is 1. The van der Waals surface area contributed by atoms with Crippen molar-refractivity contribution in [3.05, 3.63) is 87.4 Å². The molecular weight excluding hydrogens is 532 g/mol. The number of methoxy groups -OCH3 is 2. The maximum Gasteiger partial charge on any atom is 0.288 e. The predicted molar refractivity (Wildman–Crippen MR) is 144 cm³/mol. The highest BCUT2D eigenvalue weighted by atomic mass is 35.5. The summed E-state index contributed by atoms with van der Waals surface area (Å²) in [6.07, 6.45) is 1.30. The Kier molecular flexibility index (Phi) is 8.56. The van der Waals surface area contributed by atoms with Crippen LogP contribution in [-0.4, -0.2) is 51.8 Å². The van der Waals surface area contributed by atoms with E-state index < -0.39 is 10.8 Å². The van der Waals surface area contributed by atoms with Crippen molar-refractivity contribution in [1.29, 1.82) is 0 Å². The summed E-state index contributed by atoms with van der Waals surface area (Å²) < 4.78 is 12.6. The number of amides is 1. The average Bonchev–Trinajstić information content (AvgIpc) is 3.36. The third-order valence-electron chi connectivity index (χ3n) is 5.19. The minimum atomic E-state index is -0.589. The maximum atomic E-state index is 12.5. The number of carbonyl (C=O) groups excluding carboxylic acids is 1. The zero-order chi connectivity index (χ0) is 27.1. The summed E-state index contributed by atoms with van der Waals surface area (Å²) in [5.41, 5.74) is 4.14. The molecule has 0 radical (unpaired) electrons. The summed E-state index contributed by atoms with van der Waals surface area (Å²) in [4.78, 5) is 22.9. The molecule has 0 saturated carbocycles. The molecule has 194 valence electrons. The molecule has 1 amide bonds. The number of para-hydroxylation sites is 1. The van der Waals surface area contributed by atoms with Gasteiger partial charge in [-0.3, -0.25) is 19.5 Å². The zero-order valence-electron chi connectivity index (χ0n) is 20.2. The van der Waals surface area contributed by atoms with Crippen LogP contribution in [0.4, 0.5) is 5.69 Å². The summed E-state index contributed by atoms with van der Waals surface area (Å²) >= 11 is 7.00. The fraction of sp³-hybridized carbons (Fsp3) is 0.120. The highest BCUT2D eigenvalue weighted by Crippen LogP contribution is 2.34. The Labute approximate surface area is 226 Å². The molecule has 0 saturated heterocycles. The average molecular weight is 553 g/mol. The number of nitro groups is 1. The van der Waals surface area contributed by atoms with E-state index in [0.717, 1.165) is 11.3 Å². The van der Waals surface area contributed by atoms with E-state index in [1.807, 2.05) is 41.0 Å². The lowest BCUT2D eigenvalue weighted by molar-refractivity contribution is -0.384. The van der Waals surface area contributed by atoms with Gasteiger partial charge in [0, 0.05) is 22.9 Å². The first kappa shape index (κ1) is 26.6. The van der Waals surface area contributed by atoms with Crippen LogP contribution in [0.25, 0.3) is 17.1 Å². The van der Waals surface area contributed by atoms with Crippen LogP contribution in [0.1, 0.15) is 5.56 Å². The summed E-state index contributed by atoms with van der Waals surface area (Å²) in [6, 6.07) is 19.2. The number of benzene rings is 3. The van der Waals surface area contributed by atoms with Gasteiger partial charge in [0.2, 0.25) is 0 Å². The van der Waals surface area contributed by atoms with Crippen LogP contribution in [0.3, 0.4) is 0 Å². The molecule has 4 rings (SSSR count). The highest BCUT2D eigenvalue weighted by Gasteiger charge is 2.19. The number of nitro benzene ring substituents is 1. The predicted octanol–water partition coefficient (Wildman–Crippen LogP) is 4.76. The van der Waals surface area contributed by atoms with E-state index in [-0.39, 0.29) is 16.5 Å². The monoisotopic (exact) mass is 552 g/mol. The minimum absolute atomic E-state index is 0.00495. The number of thioether (sulfide) groups is 1. The molecule has 11 nitrogen and oxygen atoms in total. The number of rotatable bonds is 10. The Morgan fingerprint density at radius 2 is 1.87 bits per heavy atom. The van der Waals surface area contributed by atoms with E-state index in [0.29, 0.717) is 28.0 Å². The molecule has 0 atom stereocenters. The Bertz CT molecular complexity index is 1500. The van der Waals surface area contributed by atoms with Crippen LogP contribution in [0.5, 0.6) is 11.5 Å². The summed E-state index contributed by atoms with van der Waals surface area (Å²) in [5, 5.41) is 24.1. The molecule has 0 aliphatic heterocycles. The summed E-state index contributed by atoms with van der Waals surface area (Å²) in [6.45, 7) is 0. The lowest BCUT2D eigenvalue weighted by Gasteiger charge is -2.12. The van der Waals surface area contributed by atoms with Crippen molar-refractivity contribution in [2.75, 3.05) is 20.0 Å². The molecule has 0 spiro atoms. The molecular formula is C25H21ClN6O5S. The standard InChI is InChI=1S/C25H21ClN6O5S/c1-36-21-11-9-17(13-22(21)37-2)24-29-30-25(31(24)18-6-4-3-5-7-18)38-15-23(33)28-27-14-16-8-10-19(26)20(12-16)32(34)35/h3-14H,15H2,1-2H3,(H,28,33)/b27-14+. The quantitative estimate of drug-likeness (QED) is 0.129. The van der Waals surface area contributed by atoms with Crippen LogP contribution in [-0.2, 0) is 4.79 Å². The second kappa shape index (κ2) is 12.2. The smallest absolute Gasteiger partial charge is 0.288 e. The number of nitrogens with zero attached hydrogens (tertiary/aromatic N) is 5. The first-order chi connectivity index (χ1) is 18.4. The van der Waals surface area contributed by atoms with Gasteiger partial charge >= 0.3 is 0 Å². The van der Waals surface area contributed by atoms with Crippen LogP contribution in [0, 0.1) is 10.1 Å². The second-order valence-corrected chi connectivity index (χ2v) is 8.95. The molecule has 1 heterocycles. The molecule has 4 aromatic rings. The van der Waals surface area contributed by atoms with Gasteiger partial charge in [-0.2, -0.15) is 5.10 Å². The number of hydrogen-bond acceptors (Lipinski definition) is 9. The van der Waals surface area contributed by atoms with Gasteiger partial charge in [-0.05, 0) is 36.4 Å². The van der Waals surface area contributed by atoms with Crippen molar-refractivity contribution in [1.82, 2.24) is 20.2 Å². The van der Waals surface area contributed by atoms with Crippen molar-refractivity contribution in [2.45, 2.75) is 5.16 Å². The first-order valence-electron chi connectivity index (χ1n) is 11.0. The van der Waals surface area contributed by atoms with Crippen LogP contribution in [0.15, 0.2) is 77.0 Å². The molecule has 0 aliphatic carbocycles. The third kappa shape index (κ3) is 6.10. The van der Waals surface area contributed by atoms with Crippen LogP contribution < -0.4 is 14.9 Å². The van der Waals surface area contributed by atoms with Crippen LogP contribution in [0.2, 0.25) is 5.02 Å². The van der Waals surface area contributed by atoms with Gasteiger partial charge in [-0.15, -0.1) is 10.2 Å². The van der Waals surface area contributed by atoms with E-state index in [9.17, 15) is 14.9 Å². The van der Waals surface area contributed by atoms with Gasteiger partial charge < -0.3 is 9.47 Å². The normalized spacial score (nSPS) is 10.9. The summed E-state index contributed by atoms with van der Waals surface area (Å²) in [7, 11) is 3.12.